The van der Waals surface area contributed by atoms with E-state index in [1.165, 1.54) is 18.3 Å². The van der Waals surface area contributed by atoms with Gasteiger partial charge < -0.3 is 0 Å². The van der Waals surface area contributed by atoms with Crippen molar-refractivity contribution in [1.82, 2.24) is 29.1 Å². The summed E-state index contributed by atoms with van der Waals surface area (Å²) in [7, 11) is 0. The summed E-state index contributed by atoms with van der Waals surface area (Å²) < 4.78 is 186. The van der Waals surface area contributed by atoms with Gasteiger partial charge in [0.05, 0.1) is 51.0 Å². The molecule has 0 N–H and O–H groups in total. The van der Waals surface area contributed by atoms with E-state index < -0.39 is 183 Å². The van der Waals surface area contributed by atoms with Gasteiger partial charge in [0, 0.05) is 38.9 Å². The Morgan fingerprint density at radius 1 is 0.500 bits per heavy atom. The molecular weight excluding hydrogens is 540 g/mol. The van der Waals surface area contributed by atoms with Crippen LogP contribution in [0.25, 0.3) is 78.2 Å². The van der Waals surface area contributed by atoms with Crippen molar-refractivity contribution in [3.8, 4) is 34.4 Å². The fourth-order valence-corrected chi connectivity index (χ4v) is 5.07. The zero-order valence-corrected chi connectivity index (χ0v) is 21.9. The summed E-state index contributed by atoms with van der Waals surface area (Å²) in [5, 5.41) is -0.756. The predicted molar refractivity (Wildman–Crippen MR) is 177 cm³/mol. The molecule has 0 saturated carbocycles. The van der Waals surface area contributed by atoms with Gasteiger partial charge in [-0.3, -0.25) is 9.13 Å². The van der Waals surface area contributed by atoms with Crippen LogP contribution in [0.4, 0.5) is 0 Å². The summed E-state index contributed by atoms with van der Waals surface area (Å²) in [6.07, 6.45) is 1.31. The minimum Gasteiger partial charge on any atom is -0.293 e. The summed E-state index contributed by atoms with van der Waals surface area (Å²) in [5.74, 6) is -2.30. The van der Waals surface area contributed by atoms with E-state index in [0.29, 0.717) is 0 Å². The lowest BCUT2D eigenvalue weighted by molar-refractivity contribution is 0.951. The fraction of sp³-hybridized carbons (Fsp3) is 0. The molecule has 5 aromatic carbocycles. The van der Waals surface area contributed by atoms with Gasteiger partial charge in [0.1, 0.15) is 5.65 Å². The van der Waals surface area contributed by atoms with E-state index >= 15 is 0 Å². The smallest absolute Gasteiger partial charge is 0.238 e. The normalized spacial score (nSPS) is 18.3. The van der Waals surface area contributed by atoms with Crippen LogP contribution in [-0.4, -0.2) is 29.1 Å². The van der Waals surface area contributed by atoms with Gasteiger partial charge in [0.25, 0.3) is 0 Å². The van der Waals surface area contributed by atoms with Gasteiger partial charge in [0.15, 0.2) is 11.6 Å². The Kier molecular flexibility index (Phi) is 2.54. The lowest BCUT2D eigenvalue weighted by Gasteiger charge is -2.14. The molecule has 0 fully saturated rings. The highest BCUT2D eigenvalue weighted by atomic mass is 15.2. The molecule has 0 bridgehead atoms. The molecule has 206 valence electrons. The van der Waals surface area contributed by atoms with Crippen LogP contribution in [0.15, 0.2) is 145 Å². The molecular formula is C38H24N6. The van der Waals surface area contributed by atoms with Crippen LogP contribution in [0.2, 0.25) is 0 Å². The van der Waals surface area contributed by atoms with Gasteiger partial charge >= 0.3 is 0 Å². The van der Waals surface area contributed by atoms with Crippen molar-refractivity contribution >= 4 is 43.7 Å². The zero-order chi connectivity index (χ0) is 47.3. The van der Waals surface area contributed by atoms with Crippen molar-refractivity contribution in [3.63, 3.8) is 0 Å². The molecule has 0 amide bonds. The third-order valence-electron chi connectivity index (χ3n) is 6.85. The molecule has 44 heavy (non-hydrogen) atoms. The topological polar surface area (TPSA) is 61.4 Å². The second-order valence-corrected chi connectivity index (χ2v) is 9.22. The lowest BCUT2D eigenvalue weighted by Crippen LogP contribution is -2.07. The summed E-state index contributed by atoms with van der Waals surface area (Å²) in [5.41, 5.74) is -3.26. The maximum Gasteiger partial charge on any atom is 0.238 e. The Labute approximate surface area is 282 Å². The standard InChI is InChI=1S/C38H24N6/c1-2-13-25(14-3-1)35-40-36(42-38(41-35)44-32-21-9-4-15-26(32)27-16-5-10-22-33(27)44)30-18-7-11-23-34(30)43-31-20-8-6-17-28(31)29-19-12-24-39-37(29)43/h1-24H/i1D,2D,3D,4D,5D,6D,7D,8D,9D,10D,11D,13D,14D,15D,16D,17D,18D,20D,21D,22D,23D. The number of aromatic nitrogens is 6. The number of nitrogens with zero attached hydrogens (tertiary/aromatic N) is 6. The third-order valence-corrected chi connectivity index (χ3v) is 6.85. The first-order chi connectivity index (χ1) is 30.6. The van der Waals surface area contributed by atoms with Crippen LogP contribution in [0.5, 0.6) is 0 Å². The molecule has 0 radical (unpaired) electrons. The summed E-state index contributed by atoms with van der Waals surface area (Å²) >= 11 is 0. The van der Waals surface area contributed by atoms with E-state index in [4.69, 9.17) is 26.0 Å². The highest BCUT2D eigenvalue weighted by Gasteiger charge is 2.21. The second kappa shape index (κ2) is 9.71. The molecule has 9 aromatic rings. The first kappa shape index (κ1) is 11.5. The number of rotatable bonds is 4. The van der Waals surface area contributed by atoms with E-state index in [0.717, 1.165) is 9.13 Å². The molecule has 6 nitrogen and oxygen atoms in total. The first-order valence-corrected chi connectivity index (χ1v) is 12.9. The lowest BCUT2D eigenvalue weighted by atomic mass is 10.1. The average molecular weight is 586 g/mol. The van der Waals surface area contributed by atoms with Crippen molar-refractivity contribution < 1.29 is 28.8 Å². The Morgan fingerprint density at radius 2 is 1.07 bits per heavy atom. The van der Waals surface area contributed by atoms with Gasteiger partial charge in [-0.15, -0.1) is 0 Å². The van der Waals surface area contributed by atoms with E-state index in [1.807, 2.05) is 0 Å². The molecule has 0 aliphatic carbocycles. The Morgan fingerprint density at radius 3 is 1.80 bits per heavy atom. The molecule has 0 spiro atoms. The van der Waals surface area contributed by atoms with Gasteiger partial charge in [-0.1, -0.05) is 96.7 Å². The predicted octanol–water partition coefficient (Wildman–Crippen LogP) is 8.79. The Bertz CT molecular complexity index is 3590. The number of pyridine rings is 1. The van der Waals surface area contributed by atoms with Crippen LogP contribution in [0.3, 0.4) is 0 Å². The molecule has 4 aromatic heterocycles. The van der Waals surface area contributed by atoms with Crippen molar-refractivity contribution in [2.24, 2.45) is 0 Å². The van der Waals surface area contributed by atoms with Gasteiger partial charge in [0.2, 0.25) is 5.95 Å². The van der Waals surface area contributed by atoms with Crippen LogP contribution >= 0.6 is 0 Å². The fourth-order valence-electron chi connectivity index (χ4n) is 5.07. The van der Waals surface area contributed by atoms with Crippen LogP contribution in [-0.2, 0) is 0 Å². The minimum absolute atomic E-state index is 0.0813. The van der Waals surface area contributed by atoms with Crippen LogP contribution in [0, 0.1) is 0 Å². The molecule has 0 aliphatic rings. The molecule has 9 rings (SSSR count). The van der Waals surface area contributed by atoms with Crippen LogP contribution in [0.1, 0.15) is 28.8 Å². The molecule has 0 unspecified atom stereocenters. The molecule has 4 heterocycles. The molecule has 6 heteroatoms. The summed E-state index contributed by atoms with van der Waals surface area (Å²) in [6.45, 7) is 0. The largest absolute Gasteiger partial charge is 0.293 e. The maximum atomic E-state index is 9.35. The van der Waals surface area contributed by atoms with Gasteiger partial charge in [-0.05, 0) is 42.3 Å². The van der Waals surface area contributed by atoms with E-state index in [-0.39, 0.29) is 21.9 Å². The Balaban J connectivity index is 1.56. The zero-order valence-electron chi connectivity index (χ0n) is 42.9. The summed E-state index contributed by atoms with van der Waals surface area (Å²) in [6, 6.07) is -13.3. The molecule has 0 atom stereocenters. The number of hydrogen-bond acceptors (Lipinski definition) is 4. The van der Waals surface area contributed by atoms with Gasteiger partial charge in [-0.25, -0.2) is 9.97 Å². The number of hydrogen-bond donors (Lipinski definition) is 0. The molecule has 0 aliphatic heterocycles. The molecule has 0 saturated heterocycles. The Hall–Kier alpha value is -6.14. The van der Waals surface area contributed by atoms with Crippen molar-refractivity contribution in [2.45, 2.75) is 0 Å². The van der Waals surface area contributed by atoms with Crippen LogP contribution < -0.4 is 0 Å². The number of benzene rings is 5. The van der Waals surface area contributed by atoms with Crippen molar-refractivity contribution in [1.29, 1.82) is 0 Å². The highest BCUT2D eigenvalue weighted by molar-refractivity contribution is 6.09. The quantitative estimate of drug-likeness (QED) is 0.207. The summed E-state index contributed by atoms with van der Waals surface area (Å²) in [4.78, 5) is 17.9. The number of para-hydroxylation sites is 4. The SMILES string of the molecule is [2H]c1c([2H])c([2H])c(-c2nc(-c3c([2H])c([2H])c([2H])c([2H])c3-n3c4ncccc4c4c([2H])c([2H])c([2H])c([2H])c43)nc(-n3c4c([2H])c([2H])c([2H])c([2H])c4c4c([2H])c([2H])c([2H])c([2H])c43)n2)c([2H])c1[2H]. The monoisotopic (exact) mass is 585 g/mol. The van der Waals surface area contributed by atoms with E-state index in [2.05, 4.69) is 19.9 Å². The van der Waals surface area contributed by atoms with E-state index in [1.54, 1.807) is 0 Å². The first-order valence-electron chi connectivity index (χ1n) is 23.4. The van der Waals surface area contributed by atoms with E-state index in [9.17, 15) is 2.74 Å². The average Bonchev–Trinajstić information content (AvgIpc) is 3.84. The highest BCUT2D eigenvalue weighted by Crippen LogP contribution is 2.36. The van der Waals surface area contributed by atoms with Crippen molar-refractivity contribution in [2.75, 3.05) is 0 Å². The second-order valence-electron chi connectivity index (χ2n) is 9.22. The third kappa shape index (κ3) is 3.68. The number of fused-ring (bicyclic) bond motifs is 6. The van der Waals surface area contributed by atoms with Crippen molar-refractivity contribution in [3.05, 3.63) is 145 Å². The maximum absolute atomic E-state index is 9.35. The minimum atomic E-state index is -0.879. The van der Waals surface area contributed by atoms with Gasteiger partial charge in [-0.2, -0.15) is 9.97 Å².